The lowest BCUT2D eigenvalue weighted by molar-refractivity contribution is 0.0438. The number of nitrogens with zero attached hydrogens (tertiary/aromatic N) is 4. The summed E-state index contributed by atoms with van der Waals surface area (Å²) in [6.07, 6.45) is 0. The number of aromatic nitrogens is 4. The van der Waals surface area contributed by atoms with E-state index in [4.69, 9.17) is 20.8 Å². The average Bonchev–Trinajstić information content (AvgIpc) is 3.18. The molecule has 0 N–H and O–H groups in total. The number of carbonyl (C=O) groups is 1. The Bertz CT molecular complexity index is 903. The van der Waals surface area contributed by atoms with Crippen molar-refractivity contribution < 1.29 is 13.9 Å². The smallest absolute Gasteiger partial charge is 0.343 e. The van der Waals surface area contributed by atoms with Gasteiger partial charge in [-0.25, -0.2) is 4.79 Å². The molecule has 2 heterocycles. The Kier molecular flexibility index (Phi) is 5.37. The molecule has 8 heteroatoms. The average molecular weight is 375 g/mol. The van der Waals surface area contributed by atoms with E-state index >= 15 is 0 Å². The molecule has 0 aliphatic rings. The van der Waals surface area contributed by atoms with Gasteiger partial charge < -0.3 is 9.15 Å². The molecular formula is C18H19ClN4O3. The van der Waals surface area contributed by atoms with E-state index in [-0.39, 0.29) is 23.2 Å². The zero-order valence-corrected chi connectivity index (χ0v) is 15.5. The number of hydrogen-bond acceptors (Lipinski definition) is 6. The molecule has 3 rings (SSSR count). The number of ether oxygens (including phenoxy) is 1. The second-order valence-corrected chi connectivity index (χ2v) is 6.63. The Morgan fingerprint density at radius 2 is 2.00 bits per heavy atom. The fourth-order valence-corrected chi connectivity index (χ4v) is 2.78. The number of carbonyl (C=O) groups excluding carboxylic acids is 1. The van der Waals surface area contributed by atoms with Crippen LogP contribution in [0.3, 0.4) is 0 Å². The maximum absolute atomic E-state index is 12.4. The molecule has 2 aromatic heterocycles. The Labute approximate surface area is 155 Å². The van der Waals surface area contributed by atoms with Crippen LogP contribution in [0.25, 0.3) is 11.5 Å². The molecular weight excluding hydrogens is 356 g/mol. The standard InChI is InChI=1S/C18H19ClN4O3/c1-11(2)9-23-16(19)15(12(3)22-23)18(24)25-10-14-20-21-17(26-14)13-7-5-4-6-8-13/h4-8,11H,9-10H2,1-3H3. The molecule has 0 aliphatic carbocycles. The fraction of sp³-hybridized carbons (Fsp3) is 0.333. The van der Waals surface area contributed by atoms with Crippen LogP contribution in [0, 0.1) is 12.8 Å². The molecule has 1 aromatic carbocycles. The van der Waals surface area contributed by atoms with Crippen LogP contribution in [-0.2, 0) is 17.9 Å². The SMILES string of the molecule is Cc1nn(CC(C)C)c(Cl)c1C(=O)OCc1nnc(-c2ccccc2)o1. The molecule has 0 atom stereocenters. The minimum atomic E-state index is -0.568. The van der Waals surface area contributed by atoms with Gasteiger partial charge in [-0.05, 0) is 25.0 Å². The molecule has 0 radical (unpaired) electrons. The molecule has 0 saturated heterocycles. The van der Waals surface area contributed by atoms with Crippen molar-refractivity contribution in [2.45, 2.75) is 33.9 Å². The minimum absolute atomic E-state index is 0.135. The highest BCUT2D eigenvalue weighted by atomic mass is 35.5. The van der Waals surface area contributed by atoms with E-state index in [1.807, 2.05) is 44.2 Å². The normalized spacial score (nSPS) is 11.1. The van der Waals surface area contributed by atoms with Crippen LogP contribution in [0.15, 0.2) is 34.7 Å². The molecule has 26 heavy (non-hydrogen) atoms. The summed E-state index contributed by atoms with van der Waals surface area (Å²) in [7, 11) is 0. The summed E-state index contributed by atoms with van der Waals surface area (Å²) in [6.45, 7) is 6.30. The highest BCUT2D eigenvalue weighted by Gasteiger charge is 2.22. The third kappa shape index (κ3) is 3.94. The van der Waals surface area contributed by atoms with E-state index in [0.29, 0.717) is 24.0 Å². The second-order valence-electron chi connectivity index (χ2n) is 6.27. The minimum Gasteiger partial charge on any atom is -0.452 e. The van der Waals surface area contributed by atoms with Gasteiger partial charge in [0.1, 0.15) is 10.7 Å². The van der Waals surface area contributed by atoms with E-state index in [9.17, 15) is 4.79 Å². The van der Waals surface area contributed by atoms with E-state index in [2.05, 4.69) is 15.3 Å². The zero-order valence-electron chi connectivity index (χ0n) is 14.8. The Hall–Kier alpha value is -2.67. The van der Waals surface area contributed by atoms with E-state index in [1.165, 1.54) is 0 Å². The van der Waals surface area contributed by atoms with Crippen molar-refractivity contribution in [3.63, 3.8) is 0 Å². The largest absolute Gasteiger partial charge is 0.452 e. The molecule has 136 valence electrons. The fourth-order valence-electron chi connectivity index (χ4n) is 2.46. The van der Waals surface area contributed by atoms with Gasteiger partial charge in [0, 0.05) is 12.1 Å². The van der Waals surface area contributed by atoms with Crippen molar-refractivity contribution in [2.24, 2.45) is 5.92 Å². The van der Waals surface area contributed by atoms with Crippen LogP contribution in [0.2, 0.25) is 5.15 Å². The van der Waals surface area contributed by atoms with Gasteiger partial charge in [-0.15, -0.1) is 10.2 Å². The van der Waals surface area contributed by atoms with Crippen LogP contribution in [0.4, 0.5) is 0 Å². The van der Waals surface area contributed by atoms with Gasteiger partial charge in [0.05, 0.1) is 5.69 Å². The van der Waals surface area contributed by atoms with Gasteiger partial charge in [-0.1, -0.05) is 43.6 Å². The summed E-state index contributed by atoms with van der Waals surface area (Å²) in [5.41, 5.74) is 1.58. The van der Waals surface area contributed by atoms with Gasteiger partial charge in [0.2, 0.25) is 5.89 Å². The van der Waals surface area contributed by atoms with Gasteiger partial charge in [-0.3, -0.25) is 4.68 Å². The number of hydrogen-bond donors (Lipinski definition) is 0. The molecule has 0 amide bonds. The third-order valence-electron chi connectivity index (χ3n) is 3.62. The summed E-state index contributed by atoms with van der Waals surface area (Å²) >= 11 is 6.28. The summed E-state index contributed by atoms with van der Waals surface area (Å²) in [5, 5.41) is 12.4. The Balaban J connectivity index is 1.68. The molecule has 0 spiro atoms. The summed E-state index contributed by atoms with van der Waals surface area (Å²) in [4.78, 5) is 12.4. The maximum atomic E-state index is 12.4. The Morgan fingerprint density at radius 1 is 1.27 bits per heavy atom. The summed E-state index contributed by atoms with van der Waals surface area (Å²) < 4.78 is 12.4. The number of rotatable bonds is 6. The van der Waals surface area contributed by atoms with Crippen molar-refractivity contribution in [3.8, 4) is 11.5 Å². The first-order valence-electron chi connectivity index (χ1n) is 8.23. The molecule has 0 unspecified atom stereocenters. The van der Waals surface area contributed by atoms with Crippen LogP contribution >= 0.6 is 11.6 Å². The van der Waals surface area contributed by atoms with Crippen LogP contribution in [-0.4, -0.2) is 25.9 Å². The van der Waals surface area contributed by atoms with Crippen molar-refractivity contribution in [1.29, 1.82) is 0 Å². The highest BCUT2D eigenvalue weighted by Crippen LogP contribution is 2.23. The van der Waals surface area contributed by atoms with Crippen LogP contribution < -0.4 is 0 Å². The van der Waals surface area contributed by atoms with Crippen molar-refractivity contribution in [2.75, 3.05) is 0 Å². The monoisotopic (exact) mass is 374 g/mol. The van der Waals surface area contributed by atoms with Crippen LogP contribution in [0.5, 0.6) is 0 Å². The second kappa shape index (κ2) is 7.70. The first-order chi connectivity index (χ1) is 12.5. The highest BCUT2D eigenvalue weighted by molar-refractivity contribution is 6.32. The lowest BCUT2D eigenvalue weighted by Crippen LogP contribution is -2.08. The molecule has 0 bridgehead atoms. The number of halogens is 1. The zero-order chi connectivity index (χ0) is 18.7. The van der Waals surface area contributed by atoms with Crippen molar-refractivity contribution in [1.82, 2.24) is 20.0 Å². The molecule has 0 saturated carbocycles. The predicted molar refractivity (Wildman–Crippen MR) is 95.7 cm³/mol. The van der Waals surface area contributed by atoms with Gasteiger partial charge in [0.15, 0.2) is 6.61 Å². The van der Waals surface area contributed by atoms with Crippen molar-refractivity contribution >= 4 is 17.6 Å². The summed E-state index contributed by atoms with van der Waals surface area (Å²) in [5.74, 6) is 0.364. The lowest BCUT2D eigenvalue weighted by atomic mass is 10.2. The number of benzene rings is 1. The van der Waals surface area contributed by atoms with E-state index in [0.717, 1.165) is 5.56 Å². The number of esters is 1. The first kappa shape index (κ1) is 18.1. The topological polar surface area (TPSA) is 83.0 Å². The summed E-state index contributed by atoms with van der Waals surface area (Å²) in [6, 6.07) is 9.36. The third-order valence-corrected chi connectivity index (χ3v) is 4.01. The maximum Gasteiger partial charge on any atom is 0.343 e. The quantitative estimate of drug-likeness (QED) is 0.608. The number of aryl methyl sites for hydroxylation is 1. The van der Waals surface area contributed by atoms with Gasteiger partial charge in [-0.2, -0.15) is 5.10 Å². The predicted octanol–water partition coefficient (Wildman–Crippen LogP) is 3.91. The van der Waals surface area contributed by atoms with E-state index in [1.54, 1.807) is 11.6 Å². The molecule has 7 nitrogen and oxygen atoms in total. The van der Waals surface area contributed by atoms with Crippen LogP contribution in [0.1, 0.15) is 35.8 Å². The Morgan fingerprint density at radius 3 is 2.69 bits per heavy atom. The lowest BCUT2D eigenvalue weighted by Gasteiger charge is -2.06. The molecule has 0 fully saturated rings. The molecule has 0 aliphatic heterocycles. The van der Waals surface area contributed by atoms with Crippen molar-refractivity contribution in [3.05, 3.63) is 52.6 Å². The van der Waals surface area contributed by atoms with Gasteiger partial charge >= 0.3 is 5.97 Å². The molecule has 3 aromatic rings. The first-order valence-corrected chi connectivity index (χ1v) is 8.61. The van der Waals surface area contributed by atoms with Gasteiger partial charge in [0.25, 0.3) is 5.89 Å². The van der Waals surface area contributed by atoms with E-state index < -0.39 is 5.97 Å².